The van der Waals surface area contributed by atoms with Crippen LogP contribution in [0.5, 0.6) is 0 Å². The Balaban J connectivity index is 0.00000480. The average Bonchev–Trinajstić information content (AvgIpc) is 2.76. The summed E-state index contributed by atoms with van der Waals surface area (Å²) >= 11 is 0. The largest absolute Gasteiger partial charge is 1.00 e. The molecule has 1 atom stereocenters. The Labute approximate surface area is 226 Å². The summed E-state index contributed by atoms with van der Waals surface area (Å²) in [6.45, 7) is 0.377. The van der Waals surface area contributed by atoms with Gasteiger partial charge in [0.1, 0.15) is 6.04 Å². The summed E-state index contributed by atoms with van der Waals surface area (Å²) in [6.07, 6.45) is 3.37. The number of aliphatic imine (C=N–C) groups is 1. The third kappa shape index (κ3) is 12.2. The Morgan fingerprint density at radius 3 is 2.00 bits per heavy atom. The Hall–Kier alpha value is -1.51. The number of aryl methyl sites for hydroxylation is 2. The normalized spacial score (nSPS) is 11.9. The zero-order chi connectivity index (χ0) is 21.6. The number of nitrogens with one attached hydrogen (secondary N) is 1. The first kappa shape index (κ1) is 27.5. The molecule has 6 nitrogen and oxygen atoms in total. The molecule has 0 fully saturated rings. The van der Waals surface area contributed by atoms with E-state index < -0.39 is 12.0 Å². The molecule has 0 spiro atoms. The maximum absolute atomic E-state index is 12.1. The van der Waals surface area contributed by atoms with Crippen molar-refractivity contribution in [2.45, 2.75) is 51.0 Å². The van der Waals surface area contributed by atoms with Crippen LogP contribution in [0.25, 0.3) is 0 Å². The van der Waals surface area contributed by atoms with E-state index in [1.165, 1.54) is 0 Å². The minimum atomic E-state index is -1.04. The summed E-state index contributed by atoms with van der Waals surface area (Å²) in [5.41, 5.74) is 2.14. The molecule has 160 valence electrons. The van der Waals surface area contributed by atoms with Gasteiger partial charge in [-0.05, 0) is 55.5 Å². The molecule has 0 aliphatic heterocycles. The van der Waals surface area contributed by atoms with E-state index in [2.05, 4.69) is 10.3 Å². The molecule has 1 amide bonds. The van der Waals surface area contributed by atoms with Gasteiger partial charge in [-0.15, -0.1) is 0 Å². The third-order valence-electron chi connectivity index (χ3n) is 4.78. The number of nitrogens with zero attached hydrogens (tertiary/aromatic N) is 1. The van der Waals surface area contributed by atoms with Crippen LogP contribution in [0.2, 0.25) is 0 Å². The summed E-state index contributed by atoms with van der Waals surface area (Å²) in [4.78, 5) is 27.5. The van der Waals surface area contributed by atoms with Crippen molar-refractivity contribution < 1.29 is 71.2 Å². The van der Waals surface area contributed by atoms with Crippen LogP contribution in [-0.2, 0) is 22.4 Å². The number of benzene rings is 2. The number of unbranched alkanes of at least 4 members (excludes halogenated alkanes) is 1. The molecule has 1 unspecified atom stereocenters. The van der Waals surface area contributed by atoms with Crippen LogP contribution in [0.4, 0.5) is 0 Å². The Morgan fingerprint density at radius 2 is 1.45 bits per heavy atom. The van der Waals surface area contributed by atoms with Gasteiger partial charge in [-0.25, -0.2) is 4.79 Å². The number of amides is 1. The fraction of sp³-hybridized carbons (Fsp3) is 0.375. The number of carbonyl (C=O) groups excluding carboxylic acids is 1. The molecular formula is C24H29KN2O4. The van der Waals surface area contributed by atoms with E-state index in [-0.39, 0.29) is 69.6 Å². The van der Waals surface area contributed by atoms with Gasteiger partial charge in [0.05, 0.1) is 0 Å². The van der Waals surface area contributed by atoms with Crippen LogP contribution in [0.3, 0.4) is 0 Å². The van der Waals surface area contributed by atoms with E-state index in [1.54, 1.807) is 0 Å². The minimum Gasteiger partial charge on any atom is -0.862 e. The second-order valence-corrected chi connectivity index (χ2v) is 7.20. The Morgan fingerprint density at radius 1 is 0.903 bits per heavy atom. The van der Waals surface area contributed by atoms with Crippen LogP contribution >= 0.6 is 0 Å². The summed E-state index contributed by atoms with van der Waals surface area (Å²) in [5, 5.41) is 23.8. The zero-order valence-corrected chi connectivity index (χ0v) is 21.2. The van der Waals surface area contributed by atoms with Gasteiger partial charge in [0.2, 0.25) is 5.91 Å². The van der Waals surface area contributed by atoms with Gasteiger partial charge in [-0.2, -0.15) is 0 Å². The molecule has 2 rings (SSSR count). The fourth-order valence-corrected chi connectivity index (χ4v) is 3.07. The van der Waals surface area contributed by atoms with Gasteiger partial charge in [-0.3, -0.25) is 4.79 Å². The van der Waals surface area contributed by atoms with Crippen LogP contribution in [0, 0.1) is 0 Å². The first-order valence-corrected chi connectivity index (χ1v) is 10.3. The van der Waals surface area contributed by atoms with Crippen molar-refractivity contribution in [2.75, 3.05) is 6.54 Å². The van der Waals surface area contributed by atoms with E-state index in [1.807, 2.05) is 60.7 Å². The Bertz CT molecular complexity index is 813. The van der Waals surface area contributed by atoms with Gasteiger partial charge >= 0.3 is 57.4 Å². The number of hydrogen-bond acceptors (Lipinski definition) is 4. The standard InChI is InChI=1S/C24H30N2O4.K/c27-22(16-14-19-9-3-1-4-10-19)25-18-8-7-13-21(24(29)30)26-23(28)17-15-20-11-5-2-6-12-20;/h1-6,9-12,21H,7-8,13-18H2,(H,25,27)(H,26,28)(H,29,30);/q;+1/p-1. The van der Waals surface area contributed by atoms with E-state index in [4.69, 9.17) is 0 Å². The zero-order valence-electron chi connectivity index (χ0n) is 18.1. The first-order valence-electron chi connectivity index (χ1n) is 10.3. The number of rotatable bonds is 13. The van der Waals surface area contributed by atoms with E-state index >= 15 is 0 Å². The van der Waals surface area contributed by atoms with Gasteiger partial charge in [0.15, 0.2) is 0 Å². The molecule has 0 saturated heterocycles. The topological polar surface area (TPSA) is 102 Å². The summed E-state index contributed by atoms with van der Waals surface area (Å²) < 4.78 is 0. The summed E-state index contributed by atoms with van der Waals surface area (Å²) in [5.74, 6) is -1.45. The molecule has 2 aromatic rings. The molecule has 7 heteroatoms. The second kappa shape index (κ2) is 16.2. The molecular weight excluding hydrogens is 419 g/mol. The summed E-state index contributed by atoms with van der Waals surface area (Å²) in [6, 6.07) is 18.5. The predicted molar refractivity (Wildman–Crippen MR) is 115 cm³/mol. The molecule has 31 heavy (non-hydrogen) atoms. The maximum atomic E-state index is 12.1. The predicted octanol–water partition coefficient (Wildman–Crippen LogP) is -0.245. The fourth-order valence-electron chi connectivity index (χ4n) is 3.07. The van der Waals surface area contributed by atoms with Crippen molar-refractivity contribution in [3.63, 3.8) is 0 Å². The molecule has 0 aliphatic carbocycles. The molecule has 0 aromatic heterocycles. The van der Waals surface area contributed by atoms with E-state index in [0.717, 1.165) is 11.1 Å². The van der Waals surface area contributed by atoms with Gasteiger partial charge in [-0.1, -0.05) is 60.7 Å². The molecule has 2 aromatic carbocycles. The minimum absolute atomic E-state index is 0. The number of carbonyl (C=O) groups is 2. The van der Waals surface area contributed by atoms with Crippen molar-refractivity contribution in [2.24, 2.45) is 4.99 Å². The van der Waals surface area contributed by atoms with Gasteiger partial charge in [0.25, 0.3) is 0 Å². The molecule has 0 bridgehead atoms. The monoisotopic (exact) mass is 448 g/mol. The smallest absolute Gasteiger partial charge is 0.862 e. The van der Waals surface area contributed by atoms with Crippen molar-refractivity contribution in [3.05, 3.63) is 71.8 Å². The van der Waals surface area contributed by atoms with E-state index in [9.17, 15) is 19.8 Å². The molecule has 2 N–H and O–H groups in total. The number of carboxylic acid groups (broad SMARTS) is 1. The first-order chi connectivity index (χ1) is 14.5. The van der Waals surface area contributed by atoms with Gasteiger partial charge in [0, 0.05) is 13.0 Å². The maximum Gasteiger partial charge on any atom is 1.00 e. The molecule has 0 radical (unpaired) electrons. The van der Waals surface area contributed by atoms with Crippen molar-refractivity contribution in [3.8, 4) is 0 Å². The van der Waals surface area contributed by atoms with Crippen LogP contribution in [0.15, 0.2) is 65.7 Å². The van der Waals surface area contributed by atoms with Crippen molar-refractivity contribution in [1.29, 1.82) is 0 Å². The molecule has 0 heterocycles. The molecule has 0 aliphatic rings. The van der Waals surface area contributed by atoms with Crippen LogP contribution in [0.1, 0.15) is 43.2 Å². The SMILES string of the molecule is O=C(CCc1ccccc1)NC(CCCCN=C([O-])CCc1ccccc1)C(=O)O.[K+]. The molecule has 0 saturated carbocycles. The summed E-state index contributed by atoms with van der Waals surface area (Å²) in [7, 11) is 0. The average molecular weight is 449 g/mol. The second-order valence-electron chi connectivity index (χ2n) is 7.20. The Kier molecular flexibility index (Phi) is 14.4. The van der Waals surface area contributed by atoms with Gasteiger partial charge < -0.3 is 20.5 Å². The number of hydrogen-bond donors (Lipinski definition) is 2. The van der Waals surface area contributed by atoms with Crippen molar-refractivity contribution in [1.82, 2.24) is 5.32 Å². The number of carboxylic acids is 1. The quantitative estimate of drug-likeness (QED) is 0.191. The van der Waals surface area contributed by atoms with E-state index in [0.29, 0.717) is 45.1 Å². The van der Waals surface area contributed by atoms with Crippen LogP contribution < -0.4 is 61.8 Å². The van der Waals surface area contributed by atoms with Crippen molar-refractivity contribution >= 4 is 17.8 Å². The van der Waals surface area contributed by atoms with Crippen LogP contribution in [-0.4, -0.2) is 35.5 Å². The third-order valence-corrected chi connectivity index (χ3v) is 4.78. The number of aliphatic carboxylic acids is 1.